The van der Waals surface area contributed by atoms with Gasteiger partial charge in [0.15, 0.2) is 5.65 Å². The second-order valence-corrected chi connectivity index (χ2v) is 6.71. The van der Waals surface area contributed by atoms with E-state index in [1.165, 1.54) is 29.9 Å². The number of piperazine rings is 1. The summed E-state index contributed by atoms with van der Waals surface area (Å²) in [7, 11) is 1.74. The molecule has 0 saturated carbocycles. The first kappa shape index (κ1) is 15.3. The largest absolute Gasteiger partial charge is 0.338 e. The molecule has 8 heteroatoms. The highest BCUT2D eigenvalue weighted by atomic mass is 16.2. The highest BCUT2D eigenvalue weighted by Gasteiger charge is 2.31. The first-order valence-electron chi connectivity index (χ1n) is 8.52. The van der Waals surface area contributed by atoms with E-state index in [4.69, 9.17) is 0 Å². The van der Waals surface area contributed by atoms with Gasteiger partial charge in [-0.25, -0.2) is 4.98 Å². The average Bonchev–Trinajstić information content (AvgIpc) is 2.98. The lowest BCUT2D eigenvalue weighted by molar-refractivity contribution is -0.135. The molecule has 0 aliphatic carbocycles. The summed E-state index contributed by atoms with van der Waals surface area (Å²) in [6, 6.07) is 0.479. The lowest BCUT2D eigenvalue weighted by Crippen LogP contribution is -2.56. The van der Waals surface area contributed by atoms with Crippen LogP contribution in [0, 0.1) is 0 Å². The lowest BCUT2D eigenvalue weighted by atomic mass is 9.99. The molecule has 0 N–H and O–H groups in total. The number of piperidine rings is 1. The topological polar surface area (TPSA) is 76.3 Å². The second-order valence-electron chi connectivity index (χ2n) is 6.71. The molecule has 2 aromatic rings. The van der Waals surface area contributed by atoms with E-state index >= 15 is 0 Å². The van der Waals surface area contributed by atoms with Crippen LogP contribution in [-0.2, 0) is 18.4 Å². The highest BCUT2D eigenvalue weighted by Crippen LogP contribution is 2.21. The van der Waals surface area contributed by atoms with E-state index in [-0.39, 0.29) is 18.0 Å². The Morgan fingerprint density at radius 2 is 2.17 bits per heavy atom. The smallest absolute Gasteiger partial charge is 0.264 e. The molecule has 1 amide bonds. The number of carbonyl (C=O) groups is 1. The standard InChI is InChI=1S/C16H22N6O2/c1-19-15-13(8-18-19)16(24)22(11-17-15)10-14(23)21-7-6-20-5-3-2-4-12(20)9-21/h8,11-12H,2-7,9-10H2,1H3/t12-/m1/s1. The predicted molar refractivity (Wildman–Crippen MR) is 88.6 cm³/mol. The van der Waals surface area contributed by atoms with Gasteiger partial charge in [-0.1, -0.05) is 6.42 Å². The first-order chi connectivity index (χ1) is 11.6. The molecule has 0 aromatic carbocycles. The van der Waals surface area contributed by atoms with Gasteiger partial charge in [0.1, 0.15) is 18.3 Å². The Morgan fingerprint density at radius 1 is 1.29 bits per heavy atom. The zero-order chi connectivity index (χ0) is 16.7. The maximum Gasteiger partial charge on any atom is 0.264 e. The van der Waals surface area contributed by atoms with Gasteiger partial charge >= 0.3 is 0 Å². The molecule has 2 aromatic heterocycles. The van der Waals surface area contributed by atoms with Gasteiger partial charge in [-0.2, -0.15) is 5.10 Å². The number of carbonyl (C=O) groups excluding carboxylic acids is 1. The summed E-state index contributed by atoms with van der Waals surface area (Å²) in [5.74, 6) is -0.00707. The fraction of sp³-hybridized carbons (Fsp3) is 0.625. The molecule has 2 saturated heterocycles. The van der Waals surface area contributed by atoms with Crippen LogP contribution < -0.4 is 5.56 Å². The number of amides is 1. The van der Waals surface area contributed by atoms with Gasteiger partial charge in [0.25, 0.3) is 5.56 Å². The van der Waals surface area contributed by atoms with Crippen molar-refractivity contribution >= 4 is 16.9 Å². The highest BCUT2D eigenvalue weighted by molar-refractivity contribution is 5.77. The monoisotopic (exact) mass is 330 g/mol. The Kier molecular flexibility index (Phi) is 3.84. The number of aryl methyl sites for hydroxylation is 1. The maximum absolute atomic E-state index is 12.6. The van der Waals surface area contributed by atoms with Crippen LogP contribution in [0.25, 0.3) is 11.0 Å². The Labute approximate surface area is 139 Å². The normalized spacial score (nSPS) is 21.9. The van der Waals surface area contributed by atoms with Crippen molar-refractivity contribution < 1.29 is 4.79 Å². The minimum Gasteiger partial charge on any atom is -0.338 e. The third kappa shape index (κ3) is 2.60. The van der Waals surface area contributed by atoms with E-state index < -0.39 is 0 Å². The molecule has 2 aliphatic rings. The van der Waals surface area contributed by atoms with Gasteiger partial charge in [-0.15, -0.1) is 0 Å². The third-order valence-corrected chi connectivity index (χ3v) is 5.21. The molecule has 0 radical (unpaired) electrons. The summed E-state index contributed by atoms with van der Waals surface area (Å²) in [5, 5.41) is 4.50. The number of aromatic nitrogens is 4. The van der Waals surface area contributed by atoms with Gasteiger partial charge in [0, 0.05) is 32.7 Å². The predicted octanol–water partition coefficient (Wildman–Crippen LogP) is -0.173. The van der Waals surface area contributed by atoms with Crippen LogP contribution >= 0.6 is 0 Å². The van der Waals surface area contributed by atoms with Crippen LogP contribution in [0.2, 0.25) is 0 Å². The number of rotatable bonds is 2. The van der Waals surface area contributed by atoms with Crippen LogP contribution in [0.4, 0.5) is 0 Å². The molecular weight excluding hydrogens is 308 g/mol. The molecule has 128 valence electrons. The van der Waals surface area contributed by atoms with Gasteiger partial charge in [0.05, 0.1) is 6.20 Å². The van der Waals surface area contributed by atoms with Gasteiger partial charge in [0.2, 0.25) is 5.91 Å². The lowest BCUT2D eigenvalue weighted by Gasteiger charge is -2.44. The van der Waals surface area contributed by atoms with Crippen molar-refractivity contribution in [3.63, 3.8) is 0 Å². The Bertz CT molecular complexity index is 826. The van der Waals surface area contributed by atoms with Crippen molar-refractivity contribution in [2.45, 2.75) is 31.8 Å². The van der Waals surface area contributed by atoms with Gasteiger partial charge in [-0.3, -0.25) is 23.7 Å². The van der Waals surface area contributed by atoms with Crippen molar-refractivity contribution in [2.24, 2.45) is 7.05 Å². The minimum atomic E-state index is -0.210. The summed E-state index contributed by atoms with van der Waals surface area (Å²) < 4.78 is 2.95. The summed E-state index contributed by atoms with van der Waals surface area (Å²) >= 11 is 0. The minimum absolute atomic E-state index is 0.00707. The fourth-order valence-corrected chi connectivity index (χ4v) is 3.81. The van der Waals surface area contributed by atoms with Crippen molar-refractivity contribution in [3.05, 3.63) is 22.9 Å². The molecule has 2 fully saturated rings. The summed E-state index contributed by atoms with van der Waals surface area (Å²) in [4.78, 5) is 33.7. The van der Waals surface area contributed by atoms with Crippen LogP contribution in [-0.4, -0.2) is 67.3 Å². The summed E-state index contributed by atoms with van der Waals surface area (Å²) in [6.07, 6.45) is 6.61. The van der Waals surface area contributed by atoms with Crippen molar-refractivity contribution in [2.75, 3.05) is 26.2 Å². The average molecular weight is 330 g/mol. The van der Waals surface area contributed by atoms with Gasteiger partial charge < -0.3 is 4.90 Å². The molecule has 2 aliphatic heterocycles. The fourth-order valence-electron chi connectivity index (χ4n) is 3.81. The Hall–Kier alpha value is -2.22. The van der Waals surface area contributed by atoms with Crippen molar-refractivity contribution in [3.8, 4) is 0 Å². The molecule has 0 bridgehead atoms. The second kappa shape index (κ2) is 6.01. The van der Waals surface area contributed by atoms with Crippen LogP contribution in [0.3, 0.4) is 0 Å². The van der Waals surface area contributed by atoms with E-state index in [1.54, 1.807) is 11.7 Å². The molecule has 4 heterocycles. The van der Waals surface area contributed by atoms with E-state index in [2.05, 4.69) is 15.0 Å². The van der Waals surface area contributed by atoms with Crippen molar-refractivity contribution in [1.82, 2.24) is 29.1 Å². The molecule has 4 rings (SSSR count). The number of fused-ring (bicyclic) bond motifs is 2. The first-order valence-corrected chi connectivity index (χ1v) is 8.52. The van der Waals surface area contributed by atoms with Crippen LogP contribution in [0.15, 0.2) is 17.3 Å². The van der Waals surface area contributed by atoms with E-state index in [0.717, 1.165) is 32.6 Å². The molecule has 24 heavy (non-hydrogen) atoms. The van der Waals surface area contributed by atoms with Crippen LogP contribution in [0.5, 0.6) is 0 Å². The Morgan fingerprint density at radius 3 is 3.04 bits per heavy atom. The van der Waals surface area contributed by atoms with Crippen LogP contribution in [0.1, 0.15) is 19.3 Å². The number of nitrogens with zero attached hydrogens (tertiary/aromatic N) is 6. The third-order valence-electron chi connectivity index (χ3n) is 5.21. The molecule has 0 unspecified atom stereocenters. The molecule has 0 spiro atoms. The maximum atomic E-state index is 12.6. The Balaban J connectivity index is 1.50. The van der Waals surface area contributed by atoms with E-state index in [0.29, 0.717) is 17.1 Å². The molecule has 8 nitrogen and oxygen atoms in total. The number of hydrogen-bond donors (Lipinski definition) is 0. The van der Waals surface area contributed by atoms with E-state index in [9.17, 15) is 9.59 Å². The van der Waals surface area contributed by atoms with Crippen molar-refractivity contribution in [1.29, 1.82) is 0 Å². The molecular formula is C16H22N6O2. The summed E-state index contributed by atoms with van der Waals surface area (Å²) in [6.45, 7) is 3.64. The van der Waals surface area contributed by atoms with Gasteiger partial charge in [-0.05, 0) is 19.4 Å². The van der Waals surface area contributed by atoms with E-state index in [1.807, 2.05) is 4.90 Å². The number of hydrogen-bond acceptors (Lipinski definition) is 5. The summed E-state index contributed by atoms with van der Waals surface area (Å²) in [5.41, 5.74) is 0.331. The quantitative estimate of drug-likeness (QED) is 0.764. The zero-order valence-corrected chi connectivity index (χ0v) is 13.9. The SMILES string of the molecule is Cn1ncc2c(=O)n(CC(=O)N3CCN4CCCC[C@@H]4C3)cnc21. The zero-order valence-electron chi connectivity index (χ0n) is 13.9. The molecule has 1 atom stereocenters.